The molecule has 1 aromatic carbocycles. The summed E-state index contributed by atoms with van der Waals surface area (Å²) in [7, 11) is 1.42. The maximum Gasteiger partial charge on any atom is 0.381 e. The lowest BCUT2D eigenvalue weighted by atomic mass is 9.81. The summed E-state index contributed by atoms with van der Waals surface area (Å²) in [5.41, 5.74) is -1.25. The van der Waals surface area contributed by atoms with Gasteiger partial charge in [-0.1, -0.05) is 18.2 Å². The molecule has 0 amide bonds. The van der Waals surface area contributed by atoms with Crippen molar-refractivity contribution in [3.63, 3.8) is 0 Å². The van der Waals surface area contributed by atoms with Crippen molar-refractivity contribution in [2.24, 2.45) is 0 Å². The molecule has 21 heavy (non-hydrogen) atoms. The lowest BCUT2D eigenvalue weighted by Crippen LogP contribution is -2.35. The van der Waals surface area contributed by atoms with E-state index >= 15 is 0 Å². The van der Waals surface area contributed by atoms with Crippen molar-refractivity contribution in [3.8, 4) is 5.75 Å². The number of aliphatic carboxylic acids is 1. The number of H-pyrrole nitrogens is 1. The standard InChI is InChI=1S/C13H13N3O5/c1-13(12(17)18,8-5-3-4-6-9(8)21-2)11-14-7-10(15-11)16(19)20/h3-7H,1-2H3,(H,14,15)(H,17,18)/t13-/m0/s1. The number of aromatic amines is 1. The van der Waals surface area contributed by atoms with Gasteiger partial charge in [0.15, 0.2) is 5.41 Å². The number of imidazole rings is 1. The van der Waals surface area contributed by atoms with Gasteiger partial charge in [-0.2, -0.15) is 0 Å². The first-order valence-electron chi connectivity index (χ1n) is 5.98. The van der Waals surface area contributed by atoms with Crippen molar-refractivity contribution in [2.75, 3.05) is 7.11 Å². The predicted octanol–water partition coefficient (Wildman–Crippen LogP) is 1.72. The average molecular weight is 291 g/mol. The minimum absolute atomic E-state index is 0.0359. The van der Waals surface area contributed by atoms with E-state index in [0.29, 0.717) is 11.3 Å². The van der Waals surface area contributed by atoms with E-state index in [-0.39, 0.29) is 5.82 Å². The molecule has 0 spiro atoms. The van der Waals surface area contributed by atoms with E-state index < -0.39 is 22.1 Å². The first-order chi connectivity index (χ1) is 9.91. The molecule has 8 heteroatoms. The molecule has 0 aliphatic rings. The molecule has 2 N–H and O–H groups in total. The van der Waals surface area contributed by atoms with E-state index in [0.717, 1.165) is 6.20 Å². The third-order valence-corrected chi connectivity index (χ3v) is 3.30. The average Bonchev–Trinajstić information content (AvgIpc) is 2.96. The number of benzene rings is 1. The highest BCUT2D eigenvalue weighted by Crippen LogP contribution is 2.36. The summed E-state index contributed by atoms with van der Waals surface area (Å²) in [6.07, 6.45) is 1.06. The Morgan fingerprint density at radius 2 is 2.14 bits per heavy atom. The van der Waals surface area contributed by atoms with E-state index in [1.165, 1.54) is 14.0 Å². The van der Waals surface area contributed by atoms with Crippen LogP contribution in [-0.2, 0) is 10.2 Å². The number of rotatable bonds is 5. The van der Waals surface area contributed by atoms with Crippen LogP contribution in [0.5, 0.6) is 5.75 Å². The first-order valence-corrected chi connectivity index (χ1v) is 5.98. The third kappa shape index (κ3) is 2.31. The van der Waals surface area contributed by atoms with Gasteiger partial charge < -0.3 is 24.9 Å². The monoisotopic (exact) mass is 291 g/mol. The van der Waals surface area contributed by atoms with Crippen molar-refractivity contribution in [3.05, 3.63) is 52.0 Å². The highest BCUT2D eigenvalue weighted by atomic mass is 16.6. The van der Waals surface area contributed by atoms with Gasteiger partial charge in [0.2, 0.25) is 5.82 Å². The molecule has 0 fully saturated rings. The Labute approximate surface area is 119 Å². The van der Waals surface area contributed by atoms with Crippen LogP contribution in [0.4, 0.5) is 5.82 Å². The summed E-state index contributed by atoms with van der Waals surface area (Å²) in [6, 6.07) is 6.57. The highest BCUT2D eigenvalue weighted by Gasteiger charge is 2.46. The fourth-order valence-electron chi connectivity index (χ4n) is 2.06. The van der Waals surface area contributed by atoms with Crippen LogP contribution in [0.25, 0.3) is 0 Å². The molecular formula is C13H13N3O5. The Morgan fingerprint density at radius 1 is 1.48 bits per heavy atom. The predicted molar refractivity (Wildman–Crippen MR) is 72.3 cm³/mol. The molecule has 0 unspecified atom stereocenters. The number of hydrogen-bond donors (Lipinski definition) is 2. The Morgan fingerprint density at radius 3 is 2.67 bits per heavy atom. The number of aromatic nitrogens is 2. The van der Waals surface area contributed by atoms with Gasteiger partial charge in [-0.05, 0) is 22.9 Å². The molecule has 1 heterocycles. The summed E-state index contributed by atoms with van der Waals surface area (Å²) in [4.78, 5) is 28.1. The minimum Gasteiger partial charge on any atom is -0.496 e. The van der Waals surface area contributed by atoms with Gasteiger partial charge in [0.05, 0.1) is 7.11 Å². The van der Waals surface area contributed by atoms with Gasteiger partial charge in [0, 0.05) is 5.56 Å². The summed E-state index contributed by atoms with van der Waals surface area (Å²) < 4.78 is 5.18. The van der Waals surface area contributed by atoms with Crippen LogP contribution in [0.15, 0.2) is 30.5 Å². The second-order valence-electron chi connectivity index (χ2n) is 4.49. The zero-order valence-corrected chi connectivity index (χ0v) is 11.4. The van der Waals surface area contributed by atoms with Crippen molar-refractivity contribution in [1.29, 1.82) is 0 Å². The number of nitrogens with zero attached hydrogens (tertiary/aromatic N) is 2. The number of methoxy groups -OCH3 is 1. The molecule has 0 aliphatic heterocycles. The van der Waals surface area contributed by atoms with Crippen LogP contribution in [0.3, 0.4) is 0 Å². The summed E-state index contributed by atoms with van der Waals surface area (Å²) in [6.45, 7) is 1.41. The van der Waals surface area contributed by atoms with Gasteiger partial charge in [-0.3, -0.25) is 4.79 Å². The Hall–Kier alpha value is -2.90. The highest BCUT2D eigenvalue weighted by molar-refractivity contribution is 5.85. The Bertz CT molecular complexity index is 697. The van der Waals surface area contributed by atoms with Crippen molar-refractivity contribution in [1.82, 2.24) is 9.97 Å². The molecule has 0 bridgehead atoms. The molecule has 0 saturated carbocycles. The van der Waals surface area contributed by atoms with Gasteiger partial charge in [-0.25, -0.2) is 0 Å². The summed E-state index contributed by atoms with van der Waals surface area (Å²) in [5, 5.41) is 20.3. The molecule has 0 radical (unpaired) electrons. The molecule has 8 nitrogen and oxygen atoms in total. The molecule has 110 valence electrons. The van der Waals surface area contributed by atoms with Gasteiger partial charge in [0.25, 0.3) is 0 Å². The van der Waals surface area contributed by atoms with Crippen LogP contribution in [-0.4, -0.2) is 33.1 Å². The number of carboxylic acid groups (broad SMARTS) is 1. The number of carbonyl (C=O) groups is 1. The van der Waals surface area contributed by atoms with Gasteiger partial charge in [-0.15, -0.1) is 0 Å². The normalized spacial score (nSPS) is 13.4. The van der Waals surface area contributed by atoms with E-state index in [4.69, 9.17) is 4.74 Å². The fraction of sp³-hybridized carbons (Fsp3) is 0.231. The topological polar surface area (TPSA) is 118 Å². The molecule has 0 aliphatic carbocycles. The summed E-state index contributed by atoms with van der Waals surface area (Å²) >= 11 is 0. The quantitative estimate of drug-likeness (QED) is 0.639. The van der Waals surface area contributed by atoms with E-state index in [1.54, 1.807) is 24.3 Å². The zero-order valence-electron chi connectivity index (χ0n) is 11.4. The second kappa shape index (κ2) is 5.23. The van der Waals surface area contributed by atoms with E-state index in [9.17, 15) is 20.0 Å². The minimum atomic E-state index is -1.60. The smallest absolute Gasteiger partial charge is 0.381 e. The fourth-order valence-corrected chi connectivity index (χ4v) is 2.06. The number of nitro groups is 1. The SMILES string of the molecule is COc1ccccc1[C@](C)(C(=O)O)c1nc([N+](=O)[O-])c[nH]1. The van der Waals surface area contributed by atoms with Crippen LogP contribution < -0.4 is 4.74 Å². The van der Waals surface area contributed by atoms with Crippen molar-refractivity contribution >= 4 is 11.8 Å². The van der Waals surface area contributed by atoms with E-state index in [1.807, 2.05) is 0 Å². The largest absolute Gasteiger partial charge is 0.496 e. The lowest BCUT2D eigenvalue weighted by Gasteiger charge is -2.22. The molecule has 1 aromatic heterocycles. The molecular weight excluding hydrogens is 278 g/mol. The number of para-hydroxylation sites is 1. The Kier molecular flexibility index (Phi) is 3.62. The zero-order chi connectivity index (χ0) is 15.6. The van der Waals surface area contributed by atoms with Gasteiger partial charge >= 0.3 is 11.8 Å². The van der Waals surface area contributed by atoms with Crippen LogP contribution in [0.1, 0.15) is 18.3 Å². The number of hydrogen-bond acceptors (Lipinski definition) is 5. The maximum atomic E-state index is 11.8. The first kappa shape index (κ1) is 14.5. The van der Waals surface area contributed by atoms with E-state index in [2.05, 4.69) is 9.97 Å². The number of nitrogens with one attached hydrogen (secondary N) is 1. The maximum absolute atomic E-state index is 11.8. The van der Waals surface area contributed by atoms with Crippen LogP contribution >= 0.6 is 0 Å². The van der Waals surface area contributed by atoms with Crippen molar-refractivity contribution in [2.45, 2.75) is 12.3 Å². The Balaban J connectivity index is 2.64. The number of carboxylic acids is 1. The number of ether oxygens (including phenoxy) is 1. The van der Waals surface area contributed by atoms with Crippen LogP contribution in [0.2, 0.25) is 0 Å². The third-order valence-electron chi connectivity index (χ3n) is 3.30. The van der Waals surface area contributed by atoms with Crippen molar-refractivity contribution < 1.29 is 19.6 Å². The molecule has 2 aromatic rings. The van der Waals surface area contributed by atoms with Gasteiger partial charge in [0.1, 0.15) is 11.9 Å². The second-order valence-corrected chi connectivity index (χ2v) is 4.49. The summed E-state index contributed by atoms with van der Waals surface area (Å²) in [5.74, 6) is -1.31. The molecule has 2 rings (SSSR count). The van der Waals surface area contributed by atoms with Crippen LogP contribution in [0, 0.1) is 10.1 Å². The molecule has 0 saturated heterocycles. The lowest BCUT2D eigenvalue weighted by molar-refractivity contribution is -0.389. The molecule has 1 atom stereocenters.